The van der Waals surface area contributed by atoms with Gasteiger partial charge in [0.25, 0.3) is 5.91 Å². The van der Waals surface area contributed by atoms with E-state index in [1.807, 2.05) is 0 Å². The average Bonchev–Trinajstić information content (AvgIpc) is 3.21. The van der Waals surface area contributed by atoms with Gasteiger partial charge >= 0.3 is 6.18 Å². The van der Waals surface area contributed by atoms with Crippen LogP contribution in [0.5, 0.6) is 0 Å². The molecule has 194 valence electrons. The number of aryl methyl sites for hydroxylation is 1. The van der Waals surface area contributed by atoms with Gasteiger partial charge in [0.15, 0.2) is 0 Å². The molecule has 1 aromatic carbocycles. The zero-order valence-corrected chi connectivity index (χ0v) is 20.3. The number of hydrogen-bond donors (Lipinski definition) is 1. The topological polar surface area (TPSA) is 93.2 Å². The first kappa shape index (κ1) is 24.9. The fourth-order valence-electron chi connectivity index (χ4n) is 4.62. The lowest BCUT2D eigenvalue weighted by atomic mass is 9.85. The minimum absolute atomic E-state index is 0.126. The van der Waals surface area contributed by atoms with Crippen LogP contribution < -0.4 is 5.73 Å². The zero-order chi connectivity index (χ0) is 26.5. The second kappa shape index (κ2) is 9.25. The molecule has 3 heterocycles. The Kier molecular flexibility index (Phi) is 6.22. The number of aromatic nitrogens is 4. The molecule has 12 heteroatoms. The van der Waals surface area contributed by atoms with Gasteiger partial charge in [0.2, 0.25) is 0 Å². The fourth-order valence-corrected chi connectivity index (χ4v) is 4.62. The highest BCUT2D eigenvalue weighted by atomic mass is 19.4. The Bertz CT molecular complexity index is 1480. The lowest BCUT2D eigenvalue weighted by Crippen LogP contribution is -2.47. The summed E-state index contributed by atoms with van der Waals surface area (Å²) in [5.74, 6) is -0.851. The van der Waals surface area contributed by atoms with Crippen LogP contribution in [0.3, 0.4) is 0 Å². The maximum Gasteiger partial charge on any atom is 0.417 e. The fraction of sp³-hybridized carbons (Fsp3) is 0.360. The molecule has 0 unspecified atom stereocenters. The van der Waals surface area contributed by atoms with Gasteiger partial charge in [-0.25, -0.2) is 14.4 Å². The van der Waals surface area contributed by atoms with Crippen LogP contribution in [-0.4, -0.2) is 49.3 Å². The number of anilines is 1. The number of hydrazine groups is 1. The molecule has 5 rings (SSSR count). The van der Waals surface area contributed by atoms with Crippen molar-refractivity contribution in [3.63, 3.8) is 0 Å². The molecule has 8 nitrogen and oxygen atoms in total. The first-order valence-electron chi connectivity index (χ1n) is 11.8. The summed E-state index contributed by atoms with van der Waals surface area (Å²) in [7, 11) is 3.42. The van der Waals surface area contributed by atoms with E-state index in [0.29, 0.717) is 28.8 Å². The molecule has 1 fully saturated rings. The van der Waals surface area contributed by atoms with Gasteiger partial charge in [-0.1, -0.05) is 6.42 Å². The summed E-state index contributed by atoms with van der Waals surface area (Å²) < 4.78 is 55.8. The zero-order valence-electron chi connectivity index (χ0n) is 20.3. The van der Waals surface area contributed by atoms with Gasteiger partial charge in [-0.2, -0.15) is 18.3 Å². The van der Waals surface area contributed by atoms with Crippen molar-refractivity contribution in [2.24, 2.45) is 13.0 Å². The number of carbonyl (C=O) groups is 1. The molecular weight excluding hydrogens is 490 g/mol. The molecule has 0 spiro atoms. The second-order valence-electron chi connectivity index (χ2n) is 9.41. The van der Waals surface area contributed by atoms with Crippen molar-refractivity contribution in [3.05, 3.63) is 59.3 Å². The van der Waals surface area contributed by atoms with Crippen molar-refractivity contribution in [1.29, 1.82) is 0 Å². The van der Waals surface area contributed by atoms with Crippen LogP contribution in [0.1, 0.15) is 40.9 Å². The molecule has 0 saturated heterocycles. The van der Waals surface area contributed by atoms with Gasteiger partial charge < -0.3 is 5.73 Å². The number of nitrogen functional groups attached to an aromatic ring is 1. The van der Waals surface area contributed by atoms with Crippen molar-refractivity contribution in [2.45, 2.75) is 32.0 Å². The number of benzene rings is 1. The lowest BCUT2D eigenvalue weighted by molar-refractivity contribution is -0.137. The summed E-state index contributed by atoms with van der Waals surface area (Å²) >= 11 is 0. The van der Waals surface area contributed by atoms with E-state index in [1.54, 1.807) is 30.0 Å². The predicted octanol–water partition coefficient (Wildman–Crippen LogP) is 4.55. The van der Waals surface area contributed by atoms with Crippen molar-refractivity contribution < 1.29 is 22.4 Å². The van der Waals surface area contributed by atoms with Crippen LogP contribution in [-0.2, 0) is 19.8 Å². The minimum atomic E-state index is -4.52. The van der Waals surface area contributed by atoms with E-state index in [1.165, 1.54) is 17.1 Å². The Morgan fingerprint density at radius 3 is 2.57 bits per heavy atom. The van der Waals surface area contributed by atoms with Gasteiger partial charge in [0.1, 0.15) is 11.6 Å². The number of pyridine rings is 2. The molecule has 1 aliphatic carbocycles. The van der Waals surface area contributed by atoms with E-state index in [2.05, 4.69) is 15.1 Å². The van der Waals surface area contributed by atoms with Crippen molar-refractivity contribution in [1.82, 2.24) is 29.8 Å². The maximum absolute atomic E-state index is 15.3. The third-order valence-electron chi connectivity index (χ3n) is 6.88. The largest absolute Gasteiger partial charge is 0.417 e. The van der Waals surface area contributed by atoms with Crippen LogP contribution in [0.15, 0.2) is 36.7 Å². The van der Waals surface area contributed by atoms with E-state index in [0.717, 1.165) is 37.6 Å². The molecule has 0 aliphatic heterocycles. The molecule has 1 amide bonds. The SMILES string of the molecule is CN(CC1CCC1)N(Cc1ccc(C(F)(F)F)cn1)C(=O)c1cc2c(cc1F)nc(N)c1cnn(C)c12. The molecule has 0 bridgehead atoms. The summed E-state index contributed by atoms with van der Waals surface area (Å²) in [5.41, 5.74) is 6.06. The van der Waals surface area contributed by atoms with E-state index < -0.39 is 23.5 Å². The molecule has 4 aromatic rings. The number of carbonyl (C=O) groups excluding carboxylic acids is 1. The van der Waals surface area contributed by atoms with Gasteiger partial charge in [-0.3, -0.25) is 19.5 Å². The standard InChI is InChI=1S/C25H25F4N7O/c1-34(12-14-4-3-5-14)36(13-16-7-6-15(10-31-16)25(27,28)29)24(37)17-8-18-21(9-20(17)26)33-23(30)19-11-32-35(2)22(18)19/h6-11,14H,3-5,12-13H2,1-2H3,(H2,30,33). The highest BCUT2D eigenvalue weighted by Crippen LogP contribution is 2.32. The lowest BCUT2D eigenvalue weighted by Gasteiger charge is -2.37. The van der Waals surface area contributed by atoms with E-state index in [4.69, 9.17) is 5.73 Å². The van der Waals surface area contributed by atoms with Gasteiger partial charge in [-0.05, 0) is 37.0 Å². The number of halogens is 4. The van der Waals surface area contributed by atoms with Crippen molar-refractivity contribution >= 4 is 33.5 Å². The van der Waals surface area contributed by atoms with Crippen LogP contribution in [0.25, 0.3) is 21.8 Å². The second-order valence-corrected chi connectivity index (χ2v) is 9.41. The first-order chi connectivity index (χ1) is 17.5. The summed E-state index contributed by atoms with van der Waals surface area (Å²) in [6, 6.07) is 4.73. The van der Waals surface area contributed by atoms with Gasteiger partial charge in [-0.15, -0.1) is 0 Å². The summed E-state index contributed by atoms with van der Waals surface area (Å²) in [4.78, 5) is 21.9. The number of hydrogen-bond acceptors (Lipinski definition) is 6. The molecule has 37 heavy (non-hydrogen) atoms. The maximum atomic E-state index is 15.3. The summed E-state index contributed by atoms with van der Waals surface area (Å²) in [6.45, 7) is 0.421. The Balaban J connectivity index is 1.54. The number of fused-ring (bicyclic) bond motifs is 3. The minimum Gasteiger partial charge on any atom is -0.383 e. The summed E-state index contributed by atoms with van der Waals surface area (Å²) in [5, 5.41) is 8.30. The van der Waals surface area contributed by atoms with Crippen LogP contribution in [0, 0.1) is 11.7 Å². The van der Waals surface area contributed by atoms with Crippen molar-refractivity contribution in [2.75, 3.05) is 19.3 Å². The third-order valence-corrected chi connectivity index (χ3v) is 6.88. The highest BCUT2D eigenvalue weighted by molar-refractivity contribution is 6.10. The van der Waals surface area contributed by atoms with E-state index in [-0.39, 0.29) is 29.1 Å². The average molecular weight is 516 g/mol. The molecule has 0 radical (unpaired) electrons. The number of amides is 1. The monoisotopic (exact) mass is 515 g/mol. The summed E-state index contributed by atoms with van der Waals surface area (Å²) in [6.07, 6.45) is 0.891. The molecule has 1 saturated carbocycles. The molecule has 3 aromatic heterocycles. The predicted molar refractivity (Wildman–Crippen MR) is 129 cm³/mol. The van der Waals surface area contributed by atoms with Crippen LogP contribution in [0.4, 0.5) is 23.4 Å². The van der Waals surface area contributed by atoms with Crippen LogP contribution in [0.2, 0.25) is 0 Å². The normalized spacial score (nSPS) is 14.5. The third kappa shape index (κ3) is 4.68. The number of alkyl halides is 3. The van der Waals surface area contributed by atoms with E-state index >= 15 is 4.39 Å². The Morgan fingerprint density at radius 2 is 1.95 bits per heavy atom. The highest BCUT2D eigenvalue weighted by Gasteiger charge is 2.32. The molecular formula is C25H25F4N7O. The van der Waals surface area contributed by atoms with Gasteiger partial charge in [0.05, 0.1) is 46.0 Å². The number of rotatable bonds is 6. The smallest absolute Gasteiger partial charge is 0.383 e. The molecule has 2 N–H and O–H groups in total. The first-order valence-corrected chi connectivity index (χ1v) is 11.8. The molecule has 1 aliphatic rings. The molecule has 0 atom stereocenters. The Hall–Kier alpha value is -3.80. The van der Waals surface area contributed by atoms with Gasteiger partial charge in [0, 0.05) is 38.3 Å². The van der Waals surface area contributed by atoms with Crippen LogP contribution >= 0.6 is 0 Å². The Morgan fingerprint density at radius 1 is 1.19 bits per heavy atom. The number of nitrogens with zero attached hydrogens (tertiary/aromatic N) is 6. The van der Waals surface area contributed by atoms with Crippen molar-refractivity contribution in [3.8, 4) is 0 Å². The Labute approximate surface area is 209 Å². The number of nitrogens with two attached hydrogens (primary N) is 1. The quantitative estimate of drug-likeness (QED) is 0.299. The van der Waals surface area contributed by atoms with E-state index in [9.17, 15) is 18.0 Å².